The highest BCUT2D eigenvalue weighted by Crippen LogP contribution is 2.53. The van der Waals surface area contributed by atoms with E-state index in [1.54, 1.807) is 0 Å². The van der Waals surface area contributed by atoms with Crippen LogP contribution in [0.2, 0.25) is 0 Å². The molecule has 0 saturated heterocycles. The normalized spacial score (nSPS) is 12.7. The van der Waals surface area contributed by atoms with Crippen LogP contribution in [0.5, 0.6) is 0 Å². The summed E-state index contributed by atoms with van der Waals surface area (Å²) in [5.41, 5.74) is 26.1. The number of hydrogen-bond donors (Lipinski definition) is 0. The number of para-hydroxylation sites is 6. The van der Waals surface area contributed by atoms with Crippen molar-refractivity contribution in [3.05, 3.63) is 327 Å². The van der Waals surface area contributed by atoms with Crippen molar-refractivity contribution >= 4 is 93.3 Å². The van der Waals surface area contributed by atoms with Crippen molar-refractivity contribution in [1.82, 2.24) is 13.7 Å². The topological polar surface area (TPSA) is 18.0 Å². The molecule has 0 aliphatic heterocycles. The number of anilines is 3. The molecule has 89 heavy (non-hydrogen) atoms. The molecule has 18 rings (SSSR count). The van der Waals surface area contributed by atoms with Crippen LogP contribution in [0.1, 0.15) is 25.0 Å². The van der Waals surface area contributed by atoms with E-state index in [4.69, 9.17) is 0 Å². The highest BCUT2D eigenvalue weighted by molar-refractivity contribution is 6.14. The van der Waals surface area contributed by atoms with Gasteiger partial charge in [-0.2, -0.15) is 0 Å². The zero-order valence-corrected chi connectivity index (χ0v) is 49.3. The Labute approximate surface area is 516 Å². The van der Waals surface area contributed by atoms with Gasteiger partial charge in [0.1, 0.15) is 0 Å². The average molecular weight is 1140 g/mol. The van der Waals surface area contributed by atoms with Gasteiger partial charge in [-0.25, -0.2) is 0 Å². The van der Waals surface area contributed by atoms with Gasteiger partial charge in [-0.1, -0.05) is 208 Å². The first-order valence-corrected chi connectivity index (χ1v) is 30.9. The Morgan fingerprint density at radius 1 is 0.236 bits per heavy atom. The Hall–Kier alpha value is -11.5. The minimum absolute atomic E-state index is 0.297. The molecule has 0 spiro atoms. The van der Waals surface area contributed by atoms with Gasteiger partial charge in [0.2, 0.25) is 0 Å². The second kappa shape index (κ2) is 19.8. The summed E-state index contributed by atoms with van der Waals surface area (Å²) in [7, 11) is 0. The van der Waals surface area contributed by atoms with Gasteiger partial charge in [-0.15, -0.1) is 0 Å². The van der Waals surface area contributed by atoms with E-state index in [1.165, 1.54) is 132 Å². The zero-order valence-electron chi connectivity index (χ0n) is 49.3. The van der Waals surface area contributed by atoms with E-state index >= 15 is 0 Å². The van der Waals surface area contributed by atoms with Crippen LogP contribution < -0.4 is 4.90 Å². The van der Waals surface area contributed by atoms with Crippen LogP contribution in [0.15, 0.2) is 315 Å². The van der Waals surface area contributed by atoms with E-state index in [-0.39, 0.29) is 5.41 Å². The summed E-state index contributed by atoms with van der Waals surface area (Å²) in [4.78, 5) is 2.49. The molecule has 0 atom stereocenters. The lowest BCUT2D eigenvalue weighted by molar-refractivity contribution is 0.660. The van der Waals surface area contributed by atoms with E-state index < -0.39 is 0 Å². The number of fused-ring (bicyclic) bond motifs is 13. The number of hydrogen-bond acceptors (Lipinski definition) is 1. The number of benzene rings is 14. The van der Waals surface area contributed by atoms with Crippen molar-refractivity contribution in [3.8, 4) is 61.6 Å². The molecular formula is C85H58N4. The maximum Gasteiger partial charge on any atom is 0.0547 e. The van der Waals surface area contributed by atoms with Crippen molar-refractivity contribution < 1.29 is 0 Å². The minimum Gasteiger partial charge on any atom is -0.310 e. The fraction of sp³-hybridized carbons (Fsp3) is 0.0353. The maximum absolute atomic E-state index is 2.49. The van der Waals surface area contributed by atoms with Crippen LogP contribution in [0.25, 0.3) is 138 Å². The average Bonchev–Trinajstić information content (AvgIpc) is 1.94. The van der Waals surface area contributed by atoms with Crippen LogP contribution in [0, 0.1) is 0 Å². The molecule has 3 aromatic heterocycles. The highest BCUT2D eigenvalue weighted by atomic mass is 15.1. The molecule has 0 N–H and O–H groups in total. The third-order valence-electron chi connectivity index (χ3n) is 19.2. The highest BCUT2D eigenvalue weighted by Gasteiger charge is 2.37. The van der Waals surface area contributed by atoms with Crippen molar-refractivity contribution in [2.24, 2.45) is 0 Å². The quantitative estimate of drug-likeness (QED) is 0.141. The van der Waals surface area contributed by atoms with E-state index in [9.17, 15) is 0 Å². The largest absolute Gasteiger partial charge is 0.310 e. The zero-order chi connectivity index (χ0) is 58.9. The monoisotopic (exact) mass is 1130 g/mol. The summed E-state index contributed by atoms with van der Waals surface area (Å²) < 4.78 is 7.19. The molecule has 4 heteroatoms. The van der Waals surface area contributed by atoms with E-state index in [0.717, 1.165) is 34.0 Å². The molecule has 14 aromatic carbocycles. The molecule has 17 aromatic rings. The molecule has 1 aliphatic carbocycles. The van der Waals surface area contributed by atoms with Crippen LogP contribution >= 0.6 is 0 Å². The maximum atomic E-state index is 2.49. The molecule has 0 radical (unpaired) electrons. The van der Waals surface area contributed by atoms with Gasteiger partial charge in [0, 0.05) is 71.6 Å². The molecule has 0 bridgehead atoms. The van der Waals surface area contributed by atoms with Crippen LogP contribution in [0.3, 0.4) is 0 Å². The first-order chi connectivity index (χ1) is 43.9. The lowest BCUT2D eigenvalue weighted by Gasteiger charge is -2.29. The van der Waals surface area contributed by atoms with Gasteiger partial charge in [0.15, 0.2) is 0 Å². The van der Waals surface area contributed by atoms with E-state index in [0.29, 0.717) is 0 Å². The molecule has 1 aliphatic rings. The summed E-state index contributed by atoms with van der Waals surface area (Å²) in [6.45, 7) is 4.82. The van der Waals surface area contributed by atoms with E-state index in [1.807, 2.05) is 0 Å². The first kappa shape index (κ1) is 50.8. The molecule has 0 fully saturated rings. The minimum atomic E-state index is -0.297. The summed E-state index contributed by atoms with van der Waals surface area (Å²) >= 11 is 0. The lowest BCUT2D eigenvalue weighted by atomic mass is 9.81. The fourth-order valence-electron chi connectivity index (χ4n) is 15.0. The first-order valence-electron chi connectivity index (χ1n) is 30.9. The SMILES string of the molecule is CC1(C)c2cc(-c3ccc4c(c3)c3ccccc3n4-c3ccccc3)ccc2-c2ccc(N(c3ccc(-c4ccc5c(c4)c4ccccc4n5-c4ccccc4)cc3)c3ccc(-c4ccc5c6ccccc6n(-c6ccccc6)c5c4)c4ccccc34)cc21. The Morgan fingerprint density at radius 3 is 1.19 bits per heavy atom. The summed E-state index contributed by atoms with van der Waals surface area (Å²) in [5.74, 6) is 0. The Morgan fingerprint density at radius 2 is 0.618 bits per heavy atom. The molecule has 418 valence electrons. The van der Waals surface area contributed by atoms with Gasteiger partial charge < -0.3 is 18.6 Å². The van der Waals surface area contributed by atoms with Crippen LogP contribution in [-0.2, 0) is 5.41 Å². The predicted octanol–water partition coefficient (Wildman–Crippen LogP) is 22.9. The smallest absolute Gasteiger partial charge is 0.0547 e. The predicted molar refractivity (Wildman–Crippen MR) is 376 cm³/mol. The molecule has 0 saturated carbocycles. The van der Waals surface area contributed by atoms with Gasteiger partial charge in [-0.3, -0.25) is 0 Å². The van der Waals surface area contributed by atoms with Crippen LogP contribution in [0.4, 0.5) is 17.1 Å². The fourth-order valence-corrected chi connectivity index (χ4v) is 15.0. The van der Waals surface area contributed by atoms with Gasteiger partial charge in [-0.05, 0) is 182 Å². The molecule has 4 nitrogen and oxygen atoms in total. The van der Waals surface area contributed by atoms with Crippen molar-refractivity contribution in [3.63, 3.8) is 0 Å². The third kappa shape index (κ3) is 7.86. The summed E-state index contributed by atoms with van der Waals surface area (Å²) in [6, 6.07) is 117. The summed E-state index contributed by atoms with van der Waals surface area (Å²) in [5, 5.41) is 9.85. The lowest BCUT2D eigenvalue weighted by Crippen LogP contribution is -2.17. The van der Waals surface area contributed by atoms with Crippen molar-refractivity contribution in [1.29, 1.82) is 0 Å². The molecule has 0 unspecified atom stereocenters. The second-order valence-electron chi connectivity index (χ2n) is 24.4. The second-order valence-corrected chi connectivity index (χ2v) is 24.4. The number of nitrogens with zero attached hydrogens (tertiary/aromatic N) is 4. The molecule has 0 amide bonds. The number of rotatable bonds is 9. The molecule has 3 heterocycles. The Balaban J connectivity index is 0.769. The van der Waals surface area contributed by atoms with Crippen molar-refractivity contribution in [2.45, 2.75) is 19.3 Å². The third-order valence-corrected chi connectivity index (χ3v) is 19.2. The number of aromatic nitrogens is 3. The summed E-state index contributed by atoms with van der Waals surface area (Å²) in [6.07, 6.45) is 0. The van der Waals surface area contributed by atoms with Crippen LogP contribution in [-0.4, -0.2) is 13.7 Å². The van der Waals surface area contributed by atoms with Gasteiger partial charge in [0.25, 0.3) is 0 Å². The van der Waals surface area contributed by atoms with Crippen molar-refractivity contribution in [2.75, 3.05) is 4.90 Å². The van der Waals surface area contributed by atoms with Gasteiger partial charge >= 0.3 is 0 Å². The van der Waals surface area contributed by atoms with E-state index in [2.05, 4.69) is 348 Å². The Bertz CT molecular complexity index is 5690. The standard InChI is InChI=1S/C85H58N4/c1-85(2)76-52-58(57-39-48-83-75(51-57)72-30-16-19-33-80(72)88(83)61-22-8-4-9-23-61)36-43-67(76)68-45-42-64(54-77(68)85)86(63-40-34-55(35-41-63)56-38-47-82-74(50-56)71-29-15-18-32-79(71)87(82)60-20-6-3-7-21-60)81-49-46-65(66-26-12-13-27-69(66)81)59-37-44-73-70-28-14-17-31-78(70)89(84(73)53-59)62-24-10-5-11-25-62/h3-54H,1-2H3. The Kier molecular flexibility index (Phi) is 11.3. The molecular weight excluding hydrogens is 1080 g/mol. The van der Waals surface area contributed by atoms with Gasteiger partial charge in [0.05, 0.1) is 38.8 Å².